The van der Waals surface area contributed by atoms with E-state index in [1.54, 1.807) is 6.92 Å². The van der Waals surface area contributed by atoms with Gasteiger partial charge in [-0.05, 0) is 24.4 Å². The average molecular weight is 504 g/mol. The first kappa shape index (κ1) is 27.5. The number of ether oxygens (including phenoxy) is 3. The highest BCUT2D eigenvalue weighted by Gasteiger charge is 2.42. The third-order valence-corrected chi connectivity index (χ3v) is 5.05. The topological polar surface area (TPSA) is 114 Å². The maximum absolute atomic E-state index is 13.3. The van der Waals surface area contributed by atoms with Crippen molar-refractivity contribution in [3.63, 3.8) is 0 Å². The molecular formula is C24H29N3O7S. The van der Waals surface area contributed by atoms with Crippen molar-refractivity contribution in [1.82, 2.24) is 9.80 Å². The normalized spacial score (nSPS) is 16.6. The second kappa shape index (κ2) is 12.7. The van der Waals surface area contributed by atoms with Gasteiger partial charge in [-0.25, -0.2) is 9.59 Å². The molecule has 188 valence electrons. The molecule has 1 aliphatic rings. The van der Waals surface area contributed by atoms with Gasteiger partial charge in [0.05, 0.1) is 23.4 Å². The minimum absolute atomic E-state index is 0.0189. The van der Waals surface area contributed by atoms with Gasteiger partial charge in [-0.1, -0.05) is 31.4 Å². The molecule has 0 radical (unpaired) electrons. The largest absolute Gasteiger partial charge is 0.482 e. The summed E-state index contributed by atoms with van der Waals surface area (Å²) in [6.07, 6.45) is 1.74. The monoisotopic (exact) mass is 503 g/mol. The summed E-state index contributed by atoms with van der Waals surface area (Å²) in [7, 11) is 3.04. The van der Waals surface area contributed by atoms with Crippen LogP contribution in [-0.4, -0.2) is 84.7 Å². The van der Waals surface area contributed by atoms with Gasteiger partial charge < -0.3 is 24.4 Å². The molecule has 35 heavy (non-hydrogen) atoms. The first-order chi connectivity index (χ1) is 16.6. The molecule has 2 unspecified atom stereocenters. The Balaban J connectivity index is 2.39. The van der Waals surface area contributed by atoms with Crippen molar-refractivity contribution in [1.29, 1.82) is 0 Å². The Hall–Kier alpha value is -3.73. The van der Waals surface area contributed by atoms with Crippen molar-refractivity contribution >= 4 is 46.8 Å². The van der Waals surface area contributed by atoms with Crippen molar-refractivity contribution in [2.45, 2.75) is 25.5 Å². The van der Waals surface area contributed by atoms with Gasteiger partial charge in [-0.15, -0.1) is 0 Å². The number of nitrogens with one attached hydrogen (secondary N) is 1. The van der Waals surface area contributed by atoms with Crippen LogP contribution in [0.2, 0.25) is 0 Å². The first-order valence-corrected chi connectivity index (χ1v) is 11.2. The summed E-state index contributed by atoms with van der Waals surface area (Å²) in [4.78, 5) is 53.9. The summed E-state index contributed by atoms with van der Waals surface area (Å²) in [5.41, 5.74) is 0.0346. The SMILES string of the molecule is C=CCOC(=O)c1cccc(NC(=O)C2CC(OC(C)=S)CN2C(=O)OCC=C)c1C(=O)N(C)C. The van der Waals surface area contributed by atoms with Gasteiger partial charge in [0, 0.05) is 27.4 Å². The van der Waals surface area contributed by atoms with Gasteiger partial charge in [0.25, 0.3) is 5.91 Å². The highest BCUT2D eigenvalue weighted by atomic mass is 32.1. The average Bonchev–Trinajstić information content (AvgIpc) is 3.23. The number of thiocarbonyl (C=S) groups is 1. The number of nitrogens with zero attached hydrogens (tertiary/aromatic N) is 2. The molecule has 1 heterocycles. The number of carbonyl (C=O) groups excluding carboxylic acids is 4. The molecule has 0 bridgehead atoms. The zero-order valence-corrected chi connectivity index (χ0v) is 20.8. The quantitative estimate of drug-likeness (QED) is 0.311. The fourth-order valence-electron chi connectivity index (χ4n) is 3.49. The fraction of sp³-hybridized carbons (Fsp3) is 0.375. The van der Waals surface area contributed by atoms with E-state index in [-0.39, 0.29) is 48.0 Å². The molecule has 1 fully saturated rings. The summed E-state index contributed by atoms with van der Waals surface area (Å²) in [6.45, 7) is 8.61. The van der Waals surface area contributed by atoms with Gasteiger partial charge in [0.15, 0.2) is 5.05 Å². The van der Waals surface area contributed by atoms with Gasteiger partial charge in [0.1, 0.15) is 25.4 Å². The second-order valence-corrected chi connectivity index (χ2v) is 8.38. The van der Waals surface area contributed by atoms with Gasteiger partial charge in [-0.3, -0.25) is 14.5 Å². The highest BCUT2D eigenvalue weighted by Crippen LogP contribution is 2.27. The van der Waals surface area contributed by atoms with Gasteiger partial charge >= 0.3 is 12.1 Å². The molecule has 1 aromatic rings. The number of likely N-dealkylation sites (tertiary alicyclic amines) is 1. The number of anilines is 1. The molecule has 10 nitrogen and oxygen atoms in total. The van der Waals surface area contributed by atoms with Crippen LogP contribution in [0.1, 0.15) is 34.1 Å². The third kappa shape index (κ3) is 7.12. The molecule has 1 saturated heterocycles. The van der Waals surface area contributed by atoms with E-state index in [1.807, 2.05) is 0 Å². The summed E-state index contributed by atoms with van der Waals surface area (Å²) in [6, 6.07) is 3.46. The molecule has 1 N–H and O–H groups in total. The molecule has 0 saturated carbocycles. The molecule has 0 aromatic heterocycles. The molecule has 0 aliphatic carbocycles. The van der Waals surface area contributed by atoms with E-state index >= 15 is 0 Å². The molecule has 2 atom stereocenters. The zero-order chi connectivity index (χ0) is 26.1. The molecule has 0 spiro atoms. The second-order valence-electron chi connectivity index (χ2n) is 7.80. The van der Waals surface area contributed by atoms with E-state index in [0.29, 0.717) is 0 Å². The highest BCUT2D eigenvalue weighted by molar-refractivity contribution is 7.80. The van der Waals surface area contributed by atoms with Crippen LogP contribution in [0.5, 0.6) is 0 Å². The van der Waals surface area contributed by atoms with Crippen LogP contribution >= 0.6 is 12.2 Å². The number of benzene rings is 1. The maximum Gasteiger partial charge on any atom is 0.410 e. The Morgan fingerprint density at radius 2 is 1.83 bits per heavy atom. The minimum Gasteiger partial charge on any atom is -0.482 e. The lowest BCUT2D eigenvalue weighted by molar-refractivity contribution is -0.120. The number of hydrogen-bond donors (Lipinski definition) is 1. The molecule has 1 aromatic carbocycles. The fourth-order valence-corrected chi connectivity index (χ4v) is 3.63. The van der Waals surface area contributed by atoms with Crippen molar-refractivity contribution in [3.8, 4) is 0 Å². The number of rotatable bonds is 9. The Morgan fingerprint density at radius 1 is 1.17 bits per heavy atom. The van der Waals surface area contributed by atoms with Crippen molar-refractivity contribution in [3.05, 3.63) is 54.6 Å². The summed E-state index contributed by atoms with van der Waals surface area (Å²) < 4.78 is 15.8. The first-order valence-electron chi connectivity index (χ1n) is 10.8. The Labute approximate surface area is 209 Å². The van der Waals surface area contributed by atoms with Crippen molar-refractivity contribution < 1.29 is 33.4 Å². The molecule has 2 rings (SSSR count). The molecule has 3 amide bonds. The minimum atomic E-state index is -0.967. The third-order valence-electron chi connectivity index (χ3n) is 4.95. The Kier molecular flexibility index (Phi) is 9.95. The van der Waals surface area contributed by atoms with E-state index in [0.717, 1.165) is 0 Å². The van der Waals surface area contributed by atoms with E-state index in [4.69, 9.17) is 26.4 Å². The smallest absolute Gasteiger partial charge is 0.410 e. The standard InChI is InChI=1S/C24H29N3O7S/c1-6-11-32-23(30)17-9-8-10-18(20(17)22(29)26(4)5)25-21(28)19-13-16(34-15(3)35)14-27(19)24(31)33-12-7-2/h6-10,16,19H,1-2,11-14H2,3-5H3,(H,25,28). The van der Waals surface area contributed by atoms with E-state index < -0.39 is 36.0 Å². The predicted molar refractivity (Wildman–Crippen MR) is 133 cm³/mol. The van der Waals surface area contributed by atoms with Crippen molar-refractivity contribution in [2.75, 3.05) is 39.2 Å². The van der Waals surface area contributed by atoms with Crippen LogP contribution < -0.4 is 5.32 Å². The number of carbonyl (C=O) groups is 4. The van der Waals surface area contributed by atoms with E-state index in [1.165, 1.54) is 54.2 Å². The van der Waals surface area contributed by atoms with Gasteiger partial charge in [0.2, 0.25) is 5.91 Å². The van der Waals surface area contributed by atoms with Crippen LogP contribution in [-0.2, 0) is 19.0 Å². The number of esters is 1. The lowest BCUT2D eigenvalue weighted by Gasteiger charge is -2.24. The zero-order valence-electron chi connectivity index (χ0n) is 19.9. The van der Waals surface area contributed by atoms with E-state index in [2.05, 4.69) is 18.5 Å². The molecular weight excluding hydrogens is 474 g/mol. The summed E-state index contributed by atoms with van der Waals surface area (Å²) >= 11 is 4.99. The Morgan fingerprint density at radius 3 is 2.43 bits per heavy atom. The van der Waals surface area contributed by atoms with Crippen LogP contribution in [0.25, 0.3) is 0 Å². The maximum atomic E-state index is 13.3. The lowest BCUT2D eigenvalue weighted by atomic mass is 10.0. The number of hydrogen-bond acceptors (Lipinski definition) is 8. The van der Waals surface area contributed by atoms with Crippen LogP contribution in [0, 0.1) is 0 Å². The van der Waals surface area contributed by atoms with Crippen LogP contribution in [0.15, 0.2) is 43.5 Å². The molecule has 11 heteroatoms. The van der Waals surface area contributed by atoms with E-state index in [9.17, 15) is 19.2 Å². The molecule has 1 aliphatic heterocycles. The van der Waals surface area contributed by atoms with Crippen LogP contribution in [0.4, 0.5) is 10.5 Å². The lowest BCUT2D eigenvalue weighted by Crippen LogP contribution is -2.43. The van der Waals surface area contributed by atoms with Crippen molar-refractivity contribution in [2.24, 2.45) is 0 Å². The summed E-state index contributed by atoms with van der Waals surface area (Å²) in [5.74, 6) is -1.85. The van der Waals surface area contributed by atoms with Crippen LogP contribution in [0.3, 0.4) is 0 Å². The van der Waals surface area contributed by atoms with Gasteiger partial charge in [-0.2, -0.15) is 0 Å². The Bertz CT molecular complexity index is 1020. The predicted octanol–water partition coefficient (Wildman–Crippen LogP) is 2.80. The summed E-state index contributed by atoms with van der Waals surface area (Å²) in [5, 5.41) is 2.96. The number of amides is 3.